The standard InChI is InChI=1S/C16H18N4OS/c1-10-13-9-14(22-16(13)20(2)19-10)15(21)18-8-7-11-3-5-12(17)6-4-11/h3-6,9H,7-8,17H2,1-2H3,(H,18,21). The minimum Gasteiger partial charge on any atom is -0.399 e. The maximum absolute atomic E-state index is 12.2. The maximum Gasteiger partial charge on any atom is 0.261 e. The van der Waals surface area contributed by atoms with Crippen molar-refractivity contribution in [1.82, 2.24) is 15.1 Å². The molecule has 0 spiro atoms. The van der Waals surface area contributed by atoms with Crippen LogP contribution in [0.25, 0.3) is 10.2 Å². The minimum atomic E-state index is -0.0314. The van der Waals surface area contributed by atoms with E-state index in [4.69, 9.17) is 5.73 Å². The van der Waals surface area contributed by atoms with Gasteiger partial charge in [-0.05, 0) is 37.1 Å². The lowest BCUT2D eigenvalue weighted by Crippen LogP contribution is -2.24. The summed E-state index contributed by atoms with van der Waals surface area (Å²) in [7, 11) is 1.90. The summed E-state index contributed by atoms with van der Waals surface area (Å²) in [6, 6.07) is 9.63. The van der Waals surface area contributed by atoms with Crippen molar-refractivity contribution < 1.29 is 4.79 Å². The molecule has 0 atom stereocenters. The molecule has 3 aromatic rings. The second-order valence-electron chi connectivity index (χ2n) is 5.29. The number of amides is 1. The number of aryl methyl sites for hydroxylation is 2. The number of carbonyl (C=O) groups is 1. The molecule has 2 heterocycles. The molecule has 0 saturated carbocycles. The van der Waals surface area contributed by atoms with Crippen molar-refractivity contribution in [2.24, 2.45) is 7.05 Å². The summed E-state index contributed by atoms with van der Waals surface area (Å²) >= 11 is 1.47. The third-order valence-electron chi connectivity index (χ3n) is 3.60. The number of aromatic nitrogens is 2. The number of hydrogen-bond acceptors (Lipinski definition) is 4. The zero-order valence-electron chi connectivity index (χ0n) is 12.6. The fourth-order valence-electron chi connectivity index (χ4n) is 2.41. The molecule has 114 valence electrons. The Kier molecular flexibility index (Phi) is 3.85. The van der Waals surface area contributed by atoms with Gasteiger partial charge in [0.1, 0.15) is 4.83 Å². The summed E-state index contributed by atoms with van der Waals surface area (Å²) in [6.07, 6.45) is 0.789. The van der Waals surface area contributed by atoms with Crippen molar-refractivity contribution in [3.63, 3.8) is 0 Å². The second-order valence-corrected chi connectivity index (χ2v) is 6.32. The molecular weight excluding hydrogens is 296 g/mol. The number of nitrogen functional groups attached to an aromatic ring is 1. The van der Waals surface area contributed by atoms with E-state index in [0.29, 0.717) is 6.54 Å². The molecule has 0 bridgehead atoms. The highest BCUT2D eigenvalue weighted by Gasteiger charge is 2.14. The Morgan fingerprint density at radius 1 is 1.36 bits per heavy atom. The molecule has 0 aliphatic carbocycles. The number of benzene rings is 1. The van der Waals surface area contributed by atoms with Gasteiger partial charge in [-0.2, -0.15) is 5.10 Å². The largest absolute Gasteiger partial charge is 0.399 e. The molecule has 1 aromatic carbocycles. The number of hydrogen-bond donors (Lipinski definition) is 2. The van der Waals surface area contributed by atoms with Crippen molar-refractivity contribution in [3.05, 3.63) is 46.5 Å². The van der Waals surface area contributed by atoms with Crippen LogP contribution in [-0.2, 0) is 13.5 Å². The average molecular weight is 314 g/mol. The van der Waals surface area contributed by atoms with Gasteiger partial charge in [-0.25, -0.2) is 0 Å². The number of thiophene rings is 1. The van der Waals surface area contributed by atoms with Crippen LogP contribution in [-0.4, -0.2) is 22.2 Å². The summed E-state index contributed by atoms with van der Waals surface area (Å²) in [4.78, 5) is 14.0. The number of rotatable bonds is 4. The Morgan fingerprint density at radius 3 is 2.77 bits per heavy atom. The van der Waals surface area contributed by atoms with Crippen LogP contribution in [0.3, 0.4) is 0 Å². The van der Waals surface area contributed by atoms with Crippen LogP contribution in [0.5, 0.6) is 0 Å². The molecule has 3 rings (SSSR count). The number of anilines is 1. The quantitative estimate of drug-likeness (QED) is 0.727. The first-order valence-corrected chi connectivity index (χ1v) is 7.92. The summed E-state index contributed by atoms with van der Waals surface area (Å²) in [5.41, 5.74) is 8.52. The molecule has 0 fully saturated rings. The molecule has 22 heavy (non-hydrogen) atoms. The summed E-state index contributed by atoms with van der Waals surface area (Å²) < 4.78 is 1.82. The van der Waals surface area contributed by atoms with E-state index >= 15 is 0 Å². The van der Waals surface area contributed by atoms with Crippen molar-refractivity contribution in [2.45, 2.75) is 13.3 Å². The molecular formula is C16H18N4OS. The summed E-state index contributed by atoms with van der Waals surface area (Å²) in [5, 5.41) is 8.36. The van der Waals surface area contributed by atoms with Crippen molar-refractivity contribution in [1.29, 1.82) is 0 Å². The fourth-order valence-corrected chi connectivity index (χ4v) is 3.45. The van der Waals surface area contributed by atoms with Crippen LogP contribution >= 0.6 is 11.3 Å². The number of carbonyl (C=O) groups excluding carboxylic acids is 1. The average Bonchev–Trinajstić information content (AvgIpc) is 3.04. The van der Waals surface area contributed by atoms with Crippen LogP contribution < -0.4 is 11.1 Å². The monoisotopic (exact) mass is 314 g/mol. The van der Waals surface area contributed by atoms with Gasteiger partial charge in [0.25, 0.3) is 5.91 Å². The fraction of sp³-hybridized carbons (Fsp3) is 0.250. The van der Waals surface area contributed by atoms with E-state index < -0.39 is 0 Å². The van der Waals surface area contributed by atoms with Gasteiger partial charge in [-0.15, -0.1) is 11.3 Å². The van der Waals surface area contributed by atoms with E-state index in [1.54, 1.807) is 0 Å². The summed E-state index contributed by atoms with van der Waals surface area (Å²) in [5.74, 6) is -0.0314. The predicted molar refractivity (Wildman–Crippen MR) is 90.2 cm³/mol. The SMILES string of the molecule is Cc1nn(C)c2sc(C(=O)NCCc3ccc(N)cc3)cc12. The van der Waals surface area contributed by atoms with Gasteiger partial charge in [-0.1, -0.05) is 12.1 Å². The molecule has 0 saturated heterocycles. The first-order chi connectivity index (χ1) is 10.5. The van der Waals surface area contributed by atoms with E-state index in [0.717, 1.165) is 38.5 Å². The van der Waals surface area contributed by atoms with Gasteiger partial charge in [0, 0.05) is 24.7 Å². The van der Waals surface area contributed by atoms with Gasteiger partial charge in [0.15, 0.2) is 0 Å². The van der Waals surface area contributed by atoms with E-state index in [-0.39, 0.29) is 5.91 Å². The van der Waals surface area contributed by atoms with Crippen molar-refractivity contribution in [2.75, 3.05) is 12.3 Å². The van der Waals surface area contributed by atoms with Crippen LogP contribution in [0, 0.1) is 6.92 Å². The molecule has 0 radical (unpaired) electrons. The van der Waals surface area contributed by atoms with E-state index in [9.17, 15) is 4.79 Å². The van der Waals surface area contributed by atoms with Crippen LogP contribution in [0.4, 0.5) is 5.69 Å². The number of nitrogens with zero attached hydrogens (tertiary/aromatic N) is 2. The highest BCUT2D eigenvalue weighted by molar-refractivity contribution is 7.20. The van der Waals surface area contributed by atoms with Gasteiger partial charge < -0.3 is 11.1 Å². The van der Waals surface area contributed by atoms with Gasteiger partial charge in [0.2, 0.25) is 0 Å². The molecule has 0 aliphatic rings. The molecule has 0 aliphatic heterocycles. The van der Waals surface area contributed by atoms with Crippen LogP contribution in [0.2, 0.25) is 0 Å². The molecule has 2 aromatic heterocycles. The topological polar surface area (TPSA) is 72.9 Å². The van der Waals surface area contributed by atoms with Crippen LogP contribution in [0.15, 0.2) is 30.3 Å². The Morgan fingerprint density at radius 2 is 2.09 bits per heavy atom. The zero-order valence-corrected chi connectivity index (χ0v) is 13.4. The first kappa shape index (κ1) is 14.6. The molecule has 6 heteroatoms. The normalized spacial score (nSPS) is 11.0. The van der Waals surface area contributed by atoms with Crippen molar-refractivity contribution >= 4 is 33.1 Å². The summed E-state index contributed by atoms with van der Waals surface area (Å²) in [6.45, 7) is 2.56. The Hall–Kier alpha value is -2.34. The Balaban J connectivity index is 1.63. The second kappa shape index (κ2) is 5.81. The highest BCUT2D eigenvalue weighted by Crippen LogP contribution is 2.27. The van der Waals surface area contributed by atoms with E-state index in [1.807, 2.05) is 49.0 Å². The van der Waals surface area contributed by atoms with E-state index in [2.05, 4.69) is 10.4 Å². The molecule has 1 amide bonds. The molecule has 5 nitrogen and oxygen atoms in total. The third kappa shape index (κ3) is 2.82. The lowest BCUT2D eigenvalue weighted by atomic mass is 10.1. The van der Waals surface area contributed by atoms with Gasteiger partial charge >= 0.3 is 0 Å². The number of nitrogens with two attached hydrogens (primary N) is 1. The van der Waals surface area contributed by atoms with Gasteiger partial charge in [0.05, 0.1) is 10.6 Å². The number of fused-ring (bicyclic) bond motifs is 1. The van der Waals surface area contributed by atoms with E-state index in [1.165, 1.54) is 11.3 Å². The molecule has 0 unspecified atom stereocenters. The maximum atomic E-state index is 12.2. The Bertz CT molecular complexity index is 782. The minimum absolute atomic E-state index is 0.0314. The van der Waals surface area contributed by atoms with Crippen LogP contribution in [0.1, 0.15) is 20.9 Å². The predicted octanol–water partition coefficient (Wildman–Crippen LogP) is 2.50. The molecule has 3 N–H and O–H groups in total. The highest BCUT2D eigenvalue weighted by atomic mass is 32.1. The van der Waals surface area contributed by atoms with Crippen molar-refractivity contribution in [3.8, 4) is 0 Å². The van der Waals surface area contributed by atoms with Gasteiger partial charge in [-0.3, -0.25) is 9.48 Å². The Labute approximate surface area is 132 Å². The third-order valence-corrected chi connectivity index (χ3v) is 4.80. The zero-order chi connectivity index (χ0) is 15.7. The lowest BCUT2D eigenvalue weighted by Gasteiger charge is -2.04. The smallest absolute Gasteiger partial charge is 0.261 e. The lowest BCUT2D eigenvalue weighted by molar-refractivity contribution is 0.0958. The first-order valence-electron chi connectivity index (χ1n) is 7.10. The number of nitrogens with one attached hydrogen (secondary N) is 1.